The van der Waals surface area contributed by atoms with Crippen molar-refractivity contribution in [2.75, 3.05) is 18.4 Å². The van der Waals surface area contributed by atoms with E-state index in [1.807, 2.05) is 36.4 Å². The minimum Gasteiger partial charge on any atom is -0.326 e. The molecule has 4 aromatic rings. The molecule has 168 valence electrons. The number of hydrogen-bond donors (Lipinski definition) is 2. The Hall–Kier alpha value is -3.63. The van der Waals surface area contributed by atoms with Crippen LogP contribution in [0, 0.1) is 5.92 Å². The standard InChI is InChI=1S/C23H22N6O3S/c30-23(24-20-7-3-6-19(14-20)22-25-27-28-26-22)17-10-12-29(13-11-17)33(31,32)21-9-8-16-4-1-2-5-18(16)15-21/h1-9,14-15,17H,10-13H2,(H,24,30)(H,25,26,27,28). The van der Waals surface area contributed by atoms with E-state index in [0.29, 0.717) is 37.4 Å². The summed E-state index contributed by atoms with van der Waals surface area (Å²) in [5.41, 5.74) is 1.37. The second-order valence-corrected chi connectivity index (χ2v) is 9.93. The van der Waals surface area contributed by atoms with Gasteiger partial charge in [0.1, 0.15) is 0 Å². The number of aromatic amines is 1. The number of tetrazole rings is 1. The first-order valence-electron chi connectivity index (χ1n) is 10.6. The van der Waals surface area contributed by atoms with E-state index in [9.17, 15) is 13.2 Å². The van der Waals surface area contributed by atoms with Gasteiger partial charge in [-0.15, -0.1) is 10.2 Å². The third kappa shape index (κ3) is 4.35. The van der Waals surface area contributed by atoms with E-state index in [2.05, 4.69) is 25.9 Å². The van der Waals surface area contributed by atoms with E-state index in [0.717, 1.165) is 16.3 Å². The van der Waals surface area contributed by atoms with Crippen molar-refractivity contribution in [1.29, 1.82) is 0 Å². The second kappa shape index (κ2) is 8.72. The first-order valence-corrected chi connectivity index (χ1v) is 12.1. The van der Waals surface area contributed by atoms with Crippen LogP contribution >= 0.6 is 0 Å². The van der Waals surface area contributed by atoms with Gasteiger partial charge in [-0.1, -0.05) is 42.5 Å². The van der Waals surface area contributed by atoms with Crippen LogP contribution in [-0.4, -0.2) is 52.3 Å². The topological polar surface area (TPSA) is 121 Å². The van der Waals surface area contributed by atoms with Crippen LogP contribution in [0.1, 0.15) is 12.8 Å². The van der Waals surface area contributed by atoms with E-state index in [-0.39, 0.29) is 16.7 Å². The van der Waals surface area contributed by atoms with Gasteiger partial charge < -0.3 is 5.32 Å². The molecule has 2 heterocycles. The van der Waals surface area contributed by atoms with Crippen LogP contribution in [0.2, 0.25) is 0 Å². The number of nitrogens with zero attached hydrogens (tertiary/aromatic N) is 4. The lowest BCUT2D eigenvalue weighted by Crippen LogP contribution is -2.41. The predicted molar refractivity (Wildman–Crippen MR) is 124 cm³/mol. The van der Waals surface area contributed by atoms with Gasteiger partial charge in [0.15, 0.2) is 0 Å². The number of piperidine rings is 1. The molecule has 1 amide bonds. The molecule has 0 radical (unpaired) electrons. The van der Waals surface area contributed by atoms with E-state index in [4.69, 9.17) is 0 Å². The van der Waals surface area contributed by atoms with Gasteiger partial charge in [-0.25, -0.2) is 8.42 Å². The molecular weight excluding hydrogens is 440 g/mol. The summed E-state index contributed by atoms with van der Waals surface area (Å²) in [5, 5.41) is 18.7. The fraction of sp³-hybridized carbons (Fsp3) is 0.217. The van der Waals surface area contributed by atoms with Gasteiger partial charge in [0.25, 0.3) is 0 Å². The summed E-state index contributed by atoms with van der Waals surface area (Å²) in [4.78, 5) is 13.1. The van der Waals surface area contributed by atoms with Crippen LogP contribution in [0.5, 0.6) is 0 Å². The molecule has 1 aliphatic heterocycles. The number of aromatic nitrogens is 4. The molecule has 1 saturated heterocycles. The average molecular weight is 463 g/mol. The highest BCUT2D eigenvalue weighted by atomic mass is 32.2. The third-order valence-corrected chi connectivity index (χ3v) is 7.81. The summed E-state index contributed by atoms with van der Waals surface area (Å²) < 4.78 is 27.8. The zero-order valence-electron chi connectivity index (χ0n) is 17.7. The molecule has 0 aliphatic carbocycles. The van der Waals surface area contributed by atoms with Crippen molar-refractivity contribution in [1.82, 2.24) is 24.9 Å². The van der Waals surface area contributed by atoms with Crippen LogP contribution < -0.4 is 5.32 Å². The van der Waals surface area contributed by atoms with Crippen molar-refractivity contribution in [2.45, 2.75) is 17.7 Å². The molecule has 1 aliphatic rings. The number of sulfonamides is 1. The van der Waals surface area contributed by atoms with Crippen molar-refractivity contribution in [3.63, 3.8) is 0 Å². The summed E-state index contributed by atoms with van der Waals surface area (Å²) in [5.74, 6) is 0.0585. The van der Waals surface area contributed by atoms with Gasteiger partial charge in [0.2, 0.25) is 21.8 Å². The van der Waals surface area contributed by atoms with Crippen LogP contribution in [0.3, 0.4) is 0 Å². The lowest BCUT2D eigenvalue weighted by atomic mass is 9.97. The monoisotopic (exact) mass is 462 g/mol. The number of fused-ring (bicyclic) bond motifs is 1. The van der Waals surface area contributed by atoms with Crippen molar-refractivity contribution in [3.8, 4) is 11.4 Å². The number of hydrogen-bond acceptors (Lipinski definition) is 6. The highest BCUT2D eigenvalue weighted by molar-refractivity contribution is 7.89. The Kier molecular flexibility index (Phi) is 5.61. The Balaban J connectivity index is 1.24. The molecule has 0 saturated carbocycles. The first-order chi connectivity index (χ1) is 16.0. The molecular formula is C23H22N6O3S. The van der Waals surface area contributed by atoms with Crippen LogP contribution in [0.25, 0.3) is 22.2 Å². The minimum absolute atomic E-state index is 0.122. The first kappa shape index (κ1) is 21.2. The number of carbonyl (C=O) groups is 1. The number of carbonyl (C=O) groups excluding carboxylic acids is 1. The van der Waals surface area contributed by atoms with Crippen LogP contribution in [0.4, 0.5) is 5.69 Å². The van der Waals surface area contributed by atoms with Crippen molar-refractivity contribution >= 4 is 32.4 Å². The SMILES string of the molecule is O=C(Nc1cccc(-c2nn[nH]n2)c1)C1CCN(S(=O)(=O)c2ccc3ccccc3c2)CC1. The average Bonchev–Trinajstić information content (AvgIpc) is 3.39. The van der Waals surface area contributed by atoms with Gasteiger partial charge >= 0.3 is 0 Å². The third-order valence-electron chi connectivity index (χ3n) is 5.92. The smallest absolute Gasteiger partial charge is 0.243 e. The molecule has 0 unspecified atom stereocenters. The number of H-pyrrole nitrogens is 1. The molecule has 0 atom stereocenters. The molecule has 9 nitrogen and oxygen atoms in total. The lowest BCUT2D eigenvalue weighted by molar-refractivity contribution is -0.120. The maximum Gasteiger partial charge on any atom is 0.243 e. The number of anilines is 1. The van der Waals surface area contributed by atoms with Crippen LogP contribution in [-0.2, 0) is 14.8 Å². The minimum atomic E-state index is -3.61. The normalized spacial score (nSPS) is 15.5. The summed E-state index contributed by atoms with van der Waals surface area (Å²) >= 11 is 0. The van der Waals surface area contributed by atoms with Crippen LogP contribution in [0.15, 0.2) is 71.6 Å². The summed E-state index contributed by atoms with van der Waals surface area (Å²) in [6.45, 7) is 0.603. The summed E-state index contributed by atoms with van der Waals surface area (Å²) in [7, 11) is -3.61. The van der Waals surface area contributed by atoms with E-state index in [1.165, 1.54) is 4.31 Å². The number of amides is 1. The largest absolute Gasteiger partial charge is 0.326 e. The Labute approximate surface area is 190 Å². The Morgan fingerprint density at radius 2 is 1.76 bits per heavy atom. The van der Waals surface area contributed by atoms with Gasteiger partial charge in [0, 0.05) is 30.3 Å². The molecule has 2 N–H and O–H groups in total. The number of benzene rings is 3. The maximum absolute atomic E-state index is 13.2. The number of nitrogens with one attached hydrogen (secondary N) is 2. The van der Waals surface area contributed by atoms with Crippen molar-refractivity contribution in [2.24, 2.45) is 5.92 Å². The van der Waals surface area contributed by atoms with Gasteiger partial charge in [-0.2, -0.15) is 9.52 Å². The van der Waals surface area contributed by atoms with E-state index >= 15 is 0 Å². The lowest BCUT2D eigenvalue weighted by Gasteiger charge is -2.30. The quantitative estimate of drug-likeness (QED) is 0.470. The van der Waals surface area contributed by atoms with Crippen molar-refractivity contribution in [3.05, 3.63) is 66.7 Å². The zero-order chi connectivity index (χ0) is 22.8. The van der Waals surface area contributed by atoms with Gasteiger partial charge in [0.05, 0.1) is 4.90 Å². The second-order valence-electron chi connectivity index (χ2n) is 7.99. The number of rotatable bonds is 5. The fourth-order valence-corrected chi connectivity index (χ4v) is 5.61. The fourth-order valence-electron chi connectivity index (χ4n) is 4.10. The Bertz CT molecular complexity index is 1400. The molecule has 10 heteroatoms. The van der Waals surface area contributed by atoms with Crippen molar-refractivity contribution < 1.29 is 13.2 Å². The Morgan fingerprint density at radius 3 is 2.52 bits per heavy atom. The molecule has 33 heavy (non-hydrogen) atoms. The highest BCUT2D eigenvalue weighted by Crippen LogP contribution is 2.27. The van der Waals surface area contributed by atoms with Gasteiger partial charge in [-0.3, -0.25) is 4.79 Å². The molecule has 0 spiro atoms. The zero-order valence-corrected chi connectivity index (χ0v) is 18.5. The van der Waals surface area contributed by atoms with E-state index < -0.39 is 10.0 Å². The predicted octanol–water partition coefficient (Wildman–Crippen LogP) is 3.06. The Morgan fingerprint density at radius 1 is 0.970 bits per heavy atom. The summed E-state index contributed by atoms with van der Waals surface area (Å²) in [6, 6.07) is 20.1. The van der Waals surface area contributed by atoms with E-state index in [1.54, 1.807) is 30.3 Å². The highest BCUT2D eigenvalue weighted by Gasteiger charge is 2.32. The molecule has 1 fully saturated rings. The molecule has 1 aromatic heterocycles. The molecule has 5 rings (SSSR count). The molecule has 0 bridgehead atoms. The molecule has 3 aromatic carbocycles. The van der Waals surface area contributed by atoms with Gasteiger partial charge in [-0.05, 0) is 53.1 Å². The summed E-state index contributed by atoms with van der Waals surface area (Å²) in [6.07, 6.45) is 0.923. The maximum atomic E-state index is 13.2.